The maximum absolute atomic E-state index is 14.0. The average Bonchev–Trinajstić information content (AvgIpc) is 2.41. The molecule has 3 N–H and O–H groups in total. The van der Waals surface area contributed by atoms with E-state index in [0.29, 0.717) is 11.3 Å². The second-order valence-electron chi connectivity index (χ2n) is 4.01. The number of nitrogens with two attached hydrogens (primary N) is 1. The normalized spacial score (nSPS) is 12.2. The van der Waals surface area contributed by atoms with Crippen LogP contribution in [0.15, 0.2) is 42.5 Å². The first-order valence-electron chi connectivity index (χ1n) is 5.71. The van der Waals surface area contributed by atoms with E-state index in [-0.39, 0.29) is 5.56 Å². The van der Waals surface area contributed by atoms with Crippen molar-refractivity contribution in [1.82, 2.24) is 5.43 Å². The van der Waals surface area contributed by atoms with Crippen molar-refractivity contribution in [2.24, 2.45) is 5.84 Å². The fraction of sp³-hybridized carbons (Fsp3) is 0.143. The lowest BCUT2D eigenvalue weighted by Crippen LogP contribution is -2.30. The van der Waals surface area contributed by atoms with Gasteiger partial charge in [0.05, 0.1) is 18.7 Å². The summed E-state index contributed by atoms with van der Waals surface area (Å²) in [5.74, 6) is 4.96. The van der Waals surface area contributed by atoms with E-state index in [1.165, 1.54) is 31.4 Å². The van der Waals surface area contributed by atoms with Crippen LogP contribution >= 0.6 is 0 Å². The van der Waals surface area contributed by atoms with Crippen molar-refractivity contribution in [3.63, 3.8) is 0 Å². The molecule has 2 aromatic carbocycles. The number of methoxy groups -OCH3 is 1. The van der Waals surface area contributed by atoms with Crippen LogP contribution in [0.3, 0.4) is 0 Å². The summed E-state index contributed by atoms with van der Waals surface area (Å²) in [4.78, 5) is 0. The van der Waals surface area contributed by atoms with E-state index in [0.717, 1.165) is 0 Å². The highest BCUT2D eigenvalue weighted by Gasteiger charge is 2.21. The highest BCUT2D eigenvalue weighted by Crippen LogP contribution is 2.31. The third kappa shape index (κ3) is 2.72. The Morgan fingerprint density at radius 2 is 1.89 bits per heavy atom. The first kappa shape index (κ1) is 13.5. The second-order valence-corrected chi connectivity index (χ2v) is 4.01. The van der Waals surface area contributed by atoms with E-state index in [2.05, 4.69) is 5.43 Å². The molecule has 0 aliphatic heterocycles. The molecular formula is C14H14F2N2O. The quantitative estimate of drug-likeness (QED) is 0.659. The third-order valence-electron chi connectivity index (χ3n) is 2.87. The molecule has 1 unspecified atom stereocenters. The fourth-order valence-corrected chi connectivity index (χ4v) is 2.01. The highest BCUT2D eigenvalue weighted by molar-refractivity contribution is 5.42. The van der Waals surface area contributed by atoms with Gasteiger partial charge in [0.15, 0.2) is 0 Å². The largest absolute Gasteiger partial charge is 0.496 e. The highest BCUT2D eigenvalue weighted by atomic mass is 19.1. The van der Waals surface area contributed by atoms with Gasteiger partial charge in [0.25, 0.3) is 0 Å². The molecule has 0 aliphatic rings. The summed E-state index contributed by atoms with van der Waals surface area (Å²) in [6.07, 6.45) is 0. The molecule has 0 spiro atoms. The van der Waals surface area contributed by atoms with Gasteiger partial charge in [-0.05, 0) is 29.8 Å². The van der Waals surface area contributed by atoms with Crippen LogP contribution in [0.25, 0.3) is 0 Å². The molecule has 0 saturated carbocycles. The Hall–Kier alpha value is -1.98. The van der Waals surface area contributed by atoms with Gasteiger partial charge in [-0.25, -0.2) is 14.2 Å². The molecule has 0 bridgehead atoms. The number of benzene rings is 2. The maximum atomic E-state index is 14.0. The maximum Gasteiger partial charge on any atom is 0.132 e. The minimum absolute atomic E-state index is 0.248. The van der Waals surface area contributed by atoms with Crippen molar-refractivity contribution in [3.8, 4) is 5.75 Å². The van der Waals surface area contributed by atoms with Crippen LogP contribution in [0, 0.1) is 11.6 Å². The standard InChI is InChI=1S/C14H14F2N2O/c1-19-12-7-3-6-11(16)13(12)14(18-17)9-4-2-5-10(15)8-9/h2-8,14,18H,17H2,1H3. The molecule has 1 atom stereocenters. The van der Waals surface area contributed by atoms with Crippen molar-refractivity contribution in [1.29, 1.82) is 0 Å². The van der Waals surface area contributed by atoms with E-state index in [1.54, 1.807) is 18.2 Å². The number of hydrogen-bond donors (Lipinski definition) is 2. The number of halogens is 2. The van der Waals surface area contributed by atoms with E-state index in [9.17, 15) is 8.78 Å². The van der Waals surface area contributed by atoms with Gasteiger partial charge in [-0.2, -0.15) is 0 Å². The monoisotopic (exact) mass is 264 g/mol. The Kier molecular flexibility index (Phi) is 4.09. The molecule has 0 fully saturated rings. The van der Waals surface area contributed by atoms with Crippen LogP contribution in [-0.2, 0) is 0 Å². The number of nitrogens with one attached hydrogen (secondary N) is 1. The molecule has 0 amide bonds. The topological polar surface area (TPSA) is 47.3 Å². The first-order valence-corrected chi connectivity index (χ1v) is 5.71. The molecule has 19 heavy (non-hydrogen) atoms. The van der Waals surface area contributed by atoms with Gasteiger partial charge in [-0.15, -0.1) is 0 Å². The van der Waals surface area contributed by atoms with Crippen molar-refractivity contribution < 1.29 is 13.5 Å². The molecule has 0 radical (unpaired) electrons. The Labute approximate surface area is 110 Å². The van der Waals surface area contributed by atoms with E-state index in [4.69, 9.17) is 10.6 Å². The zero-order chi connectivity index (χ0) is 13.8. The number of hydrogen-bond acceptors (Lipinski definition) is 3. The van der Waals surface area contributed by atoms with Crippen molar-refractivity contribution >= 4 is 0 Å². The summed E-state index contributed by atoms with van der Waals surface area (Å²) in [5, 5.41) is 0. The minimum atomic E-state index is -0.688. The molecule has 0 aliphatic carbocycles. The zero-order valence-corrected chi connectivity index (χ0v) is 10.4. The lowest BCUT2D eigenvalue weighted by atomic mass is 9.98. The number of rotatable bonds is 4. The van der Waals surface area contributed by atoms with Crippen LogP contribution in [-0.4, -0.2) is 7.11 Å². The van der Waals surface area contributed by atoms with E-state index >= 15 is 0 Å². The number of hydrazine groups is 1. The lowest BCUT2D eigenvalue weighted by Gasteiger charge is -2.20. The Morgan fingerprint density at radius 1 is 1.16 bits per heavy atom. The molecule has 2 aromatic rings. The minimum Gasteiger partial charge on any atom is -0.496 e. The van der Waals surface area contributed by atoms with Crippen LogP contribution in [0.4, 0.5) is 8.78 Å². The lowest BCUT2D eigenvalue weighted by molar-refractivity contribution is 0.397. The Bertz CT molecular complexity index is 575. The Balaban J connectivity index is 2.54. The van der Waals surface area contributed by atoms with Gasteiger partial charge >= 0.3 is 0 Å². The van der Waals surface area contributed by atoms with Crippen LogP contribution in [0.5, 0.6) is 5.75 Å². The van der Waals surface area contributed by atoms with E-state index in [1.807, 2.05) is 0 Å². The van der Waals surface area contributed by atoms with Gasteiger partial charge in [0, 0.05) is 0 Å². The van der Waals surface area contributed by atoms with Crippen molar-refractivity contribution in [2.75, 3.05) is 7.11 Å². The molecular weight excluding hydrogens is 250 g/mol. The summed E-state index contributed by atoms with van der Waals surface area (Å²) in [7, 11) is 1.44. The molecule has 3 nitrogen and oxygen atoms in total. The summed E-state index contributed by atoms with van der Waals surface area (Å²) < 4.78 is 32.4. The molecule has 0 heterocycles. The van der Waals surface area contributed by atoms with Crippen molar-refractivity contribution in [3.05, 3.63) is 65.2 Å². The van der Waals surface area contributed by atoms with E-state index < -0.39 is 17.7 Å². The van der Waals surface area contributed by atoms with Crippen LogP contribution in [0.2, 0.25) is 0 Å². The van der Waals surface area contributed by atoms with Gasteiger partial charge in [0.2, 0.25) is 0 Å². The number of ether oxygens (including phenoxy) is 1. The third-order valence-corrected chi connectivity index (χ3v) is 2.87. The van der Waals surface area contributed by atoms with Crippen LogP contribution in [0.1, 0.15) is 17.2 Å². The fourth-order valence-electron chi connectivity index (χ4n) is 2.01. The zero-order valence-electron chi connectivity index (χ0n) is 10.4. The summed E-state index contributed by atoms with van der Waals surface area (Å²) in [5.41, 5.74) is 3.26. The van der Waals surface area contributed by atoms with Gasteiger partial charge in [0.1, 0.15) is 17.4 Å². The molecule has 100 valence electrons. The molecule has 2 rings (SSSR count). The Morgan fingerprint density at radius 3 is 2.53 bits per heavy atom. The van der Waals surface area contributed by atoms with Crippen molar-refractivity contribution in [2.45, 2.75) is 6.04 Å². The second kappa shape index (κ2) is 5.77. The molecule has 5 heteroatoms. The van der Waals surface area contributed by atoms with Gasteiger partial charge in [-0.3, -0.25) is 5.84 Å². The predicted molar refractivity (Wildman–Crippen MR) is 68.5 cm³/mol. The smallest absolute Gasteiger partial charge is 0.132 e. The average molecular weight is 264 g/mol. The first-order chi connectivity index (χ1) is 9.17. The van der Waals surface area contributed by atoms with Gasteiger partial charge < -0.3 is 4.74 Å². The predicted octanol–water partition coefficient (Wildman–Crippen LogP) is 2.53. The summed E-state index contributed by atoms with van der Waals surface area (Å²) in [6.45, 7) is 0. The molecule has 0 saturated heterocycles. The SMILES string of the molecule is COc1cccc(F)c1C(NN)c1cccc(F)c1. The van der Waals surface area contributed by atoms with Gasteiger partial charge in [-0.1, -0.05) is 18.2 Å². The molecule has 0 aromatic heterocycles. The van der Waals surface area contributed by atoms with Crippen LogP contribution < -0.4 is 16.0 Å². The summed E-state index contributed by atoms with van der Waals surface area (Å²) >= 11 is 0. The summed E-state index contributed by atoms with van der Waals surface area (Å²) in [6, 6.07) is 9.61.